The highest BCUT2D eigenvalue weighted by atomic mass is 35.5. The highest BCUT2D eigenvalue weighted by molar-refractivity contribution is 6.39. The minimum absolute atomic E-state index is 0.0802. The predicted octanol–water partition coefficient (Wildman–Crippen LogP) is 3.94. The summed E-state index contributed by atoms with van der Waals surface area (Å²) in [5.74, 6) is -0.897. The number of hydrogen-bond acceptors (Lipinski definition) is 2. The highest BCUT2D eigenvalue weighted by Gasteiger charge is 2.12. The van der Waals surface area contributed by atoms with Crippen molar-refractivity contribution in [2.24, 2.45) is 0 Å². The summed E-state index contributed by atoms with van der Waals surface area (Å²) in [6.45, 7) is 0. The molecule has 0 aliphatic heterocycles. The number of carbonyl (C=O) groups is 1. The maximum Gasteiger partial charge on any atom is 0.307 e. The van der Waals surface area contributed by atoms with Gasteiger partial charge >= 0.3 is 5.97 Å². The Morgan fingerprint density at radius 3 is 2.62 bits per heavy atom. The molecule has 3 aromatic rings. The van der Waals surface area contributed by atoms with E-state index >= 15 is 0 Å². The van der Waals surface area contributed by atoms with Gasteiger partial charge in [-0.1, -0.05) is 29.3 Å². The molecule has 0 saturated heterocycles. The molecule has 1 N–H and O–H groups in total. The fourth-order valence-corrected chi connectivity index (χ4v) is 2.88. The van der Waals surface area contributed by atoms with Crippen molar-refractivity contribution in [3.8, 4) is 11.1 Å². The summed E-state index contributed by atoms with van der Waals surface area (Å²) in [5, 5.41) is 14.2. The second-order valence-corrected chi connectivity index (χ2v) is 5.40. The molecule has 4 nitrogen and oxygen atoms in total. The standard InChI is InChI=1S/C15H10Cl2N2O2/c16-11-2-1-3-12(17)15(11)9-4-5-19-13(6-9)10(8-18-19)7-14(20)21/h1-6,8H,7H2,(H,20,21). The first kappa shape index (κ1) is 13.9. The lowest BCUT2D eigenvalue weighted by Gasteiger charge is -2.08. The smallest absolute Gasteiger partial charge is 0.307 e. The summed E-state index contributed by atoms with van der Waals surface area (Å²) < 4.78 is 1.63. The molecule has 2 aromatic heterocycles. The molecule has 106 valence electrons. The lowest BCUT2D eigenvalue weighted by atomic mass is 10.1. The average Bonchev–Trinajstić information content (AvgIpc) is 2.81. The maximum atomic E-state index is 10.9. The van der Waals surface area contributed by atoms with Gasteiger partial charge in [0.05, 0.1) is 18.1 Å². The van der Waals surface area contributed by atoms with Crippen molar-refractivity contribution in [3.05, 3.63) is 58.3 Å². The van der Waals surface area contributed by atoms with Crippen molar-refractivity contribution in [2.75, 3.05) is 0 Å². The molecule has 6 heteroatoms. The molecule has 0 spiro atoms. The van der Waals surface area contributed by atoms with Gasteiger partial charge in [-0.25, -0.2) is 4.52 Å². The topological polar surface area (TPSA) is 54.6 Å². The number of nitrogens with zero attached hydrogens (tertiary/aromatic N) is 2. The Hall–Kier alpha value is -2.04. The van der Waals surface area contributed by atoms with E-state index in [0.717, 1.165) is 16.6 Å². The summed E-state index contributed by atoms with van der Waals surface area (Å²) in [5.41, 5.74) is 2.93. The first-order chi connectivity index (χ1) is 10.1. The van der Waals surface area contributed by atoms with Gasteiger partial charge in [0, 0.05) is 27.4 Å². The molecule has 2 heterocycles. The van der Waals surface area contributed by atoms with Crippen LogP contribution in [0.2, 0.25) is 10.0 Å². The van der Waals surface area contributed by atoms with Crippen molar-refractivity contribution < 1.29 is 9.90 Å². The van der Waals surface area contributed by atoms with Crippen LogP contribution in [-0.2, 0) is 11.2 Å². The van der Waals surface area contributed by atoms with E-state index in [4.69, 9.17) is 28.3 Å². The van der Waals surface area contributed by atoms with Gasteiger partial charge in [-0.2, -0.15) is 5.10 Å². The number of benzene rings is 1. The lowest BCUT2D eigenvalue weighted by Crippen LogP contribution is -1.99. The van der Waals surface area contributed by atoms with Crippen LogP contribution in [0.4, 0.5) is 0 Å². The third-order valence-corrected chi connectivity index (χ3v) is 3.82. The molecule has 0 amide bonds. The molecule has 0 bridgehead atoms. The fourth-order valence-electron chi connectivity index (χ4n) is 2.26. The number of carboxylic acids is 1. The molecule has 0 fully saturated rings. The molecule has 1 aromatic carbocycles. The molecule has 0 aliphatic carbocycles. The largest absolute Gasteiger partial charge is 0.481 e. The highest BCUT2D eigenvalue weighted by Crippen LogP contribution is 2.35. The van der Waals surface area contributed by atoms with Crippen LogP contribution in [0.3, 0.4) is 0 Å². The summed E-state index contributed by atoms with van der Waals surface area (Å²) >= 11 is 12.4. The minimum atomic E-state index is -0.897. The molecule has 0 radical (unpaired) electrons. The van der Waals surface area contributed by atoms with E-state index in [-0.39, 0.29) is 6.42 Å². The maximum absolute atomic E-state index is 10.9. The van der Waals surface area contributed by atoms with E-state index in [1.54, 1.807) is 35.1 Å². The fraction of sp³-hybridized carbons (Fsp3) is 0.0667. The zero-order valence-corrected chi connectivity index (χ0v) is 12.3. The van der Waals surface area contributed by atoms with Crippen LogP contribution in [0.15, 0.2) is 42.7 Å². The Morgan fingerprint density at radius 2 is 1.95 bits per heavy atom. The van der Waals surface area contributed by atoms with Crippen LogP contribution in [0.25, 0.3) is 16.6 Å². The summed E-state index contributed by atoms with van der Waals surface area (Å²) in [4.78, 5) is 10.9. The summed E-state index contributed by atoms with van der Waals surface area (Å²) in [6.07, 6.45) is 3.24. The Kier molecular flexibility index (Phi) is 3.57. The normalized spacial score (nSPS) is 11.0. The number of halogens is 2. The van der Waals surface area contributed by atoms with Crippen LogP contribution >= 0.6 is 23.2 Å². The number of carboxylic acid groups (broad SMARTS) is 1. The molecule has 21 heavy (non-hydrogen) atoms. The zero-order valence-electron chi connectivity index (χ0n) is 10.8. The molecule has 3 rings (SSSR count). The molecule has 0 aliphatic rings. The van der Waals surface area contributed by atoms with E-state index in [2.05, 4.69) is 5.10 Å². The number of hydrogen-bond donors (Lipinski definition) is 1. The van der Waals surface area contributed by atoms with Crippen molar-refractivity contribution in [3.63, 3.8) is 0 Å². The van der Waals surface area contributed by atoms with E-state index in [1.165, 1.54) is 0 Å². The summed E-state index contributed by atoms with van der Waals surface area (Å²) in [6, 6.07) is 9.00. The molecular formula is C15H10Cl2N2O2. The van der Waals surface area contributed by atoms with Crippen LogP contribution in [-0.4, -0.2) is 20.7 Å². The number of pyridine rings is 1. The van der Waals surface area contributed by atoms with Gasteiger partial charge in [0.1, 0.15) is 0 Å². The van der Waals surface area contributed by atoms with Gasteiger partial charge in [-0.3, -0.25) is 4.79 Å². The Labute approximate surface area is 130 Å². The molecule has 0 saturated carbocycles. The summed E-state index contributed by atoms with van der Waals surface area (Å²) in [7, 11) is 0. The lowest BCUT2D eigenvalue weighted by molar-refractivity contribution is -0.136. The van der Waals surface area contributed by atoms with Crippen molar-refractivity contribution in [1.82, 2.24) is 9.61 Å². The molecular weight excluding hydrogens is 311 g/mol. The van der Waals surface area contributed by atoms with E-state index < -0.39 is 5.97 Å². The van der Waals surface area contributed by atoms with Crippen LogP contribution < -0.4 is 0 Å². The SMILES string of the molecule is O=C(O)Cc1cnn2ccc(-c3c(Cl)cccc3Cl)cc12. The third kappa shape index (κ3) is 2.60. The monoisotopic (exact) mass is 320 g/mol. The van der Waals surface area contributed by atoms with Crippen LogP contribution in [0.5, 0.6) is 0 Å². The van der Waals surface area contributed by atoms with E-state index in [0.29, 0.717) is 15.6 Å². The number of fused-ring (bicyclic) bond motifs is 1. The first-order valence-corrected chi connectivity index (χ1v) is 6.94. The van der Waals surface area contributed by atoms with Gasteiger partial charge < -0.3 is 5.11 Å². The van der Waals surface area contributed by atoms with E-state index in [9.17, 15) is 4.79 Å². The average molecular weight is 321 g/mol. The predicted molar refractivity (Wildman–Crippen MR) is 82.0 cm³/mol. The van der Waals surface area contributed by atoms with Gasteiger partial charge in [-0.05, 0) is 29.8 Å². The quantitative estimate of drug-likeness (QED) is 0.795. The van der Waals surface area contributed by atoms with E-state index in [1.807, 2.05) is 12.1 Å². The second kappa shape index (κ2) is 5.39. The van der Waals surface area contributed by atoms with Crippen LogP contribution in [0, 0.1) is 0 Å². The van der Waals surface area contributed by atoms with Crippen molar-refractivity contribution in [2.45, 2.75) is 6.42 Å². The minimum Gasteiger partial charge on any atom is -0.481 e. The van der Waals surface area contributed by atoms with Crippen LogP contribution in [0.1, 0.15) is 5.56 Å². The Morgan fingerprint density at radius 1 is 1.24 bits per heavy atom. The van der Waals surface area contributed by atoms with Crippen molar-refractivity contribution in [1.29, 1.82) is 0 Å². The van der Waals surface area contributed by atoms with Gasteiger partial charge in [-0.15, -0.1) is 0 Å². The molecule has 0 atom stereocenters. The number of aromatic nitrogens is 2. The zero-order chi connectivity index (χ0) is 15.0. The first-order valence-electron chi connectivity index (χ1n) is 6.18. The van der Waals surface area contributed by atoms with Gasteiger partial charge in [0.15, 0.2) is 0 Å². The Balaban J connectivity index is 2.18. The third-order valence-electron chi connectivity index (χ3n) is 3.19. The molecule has 0 unspecified atom stereocenters. The Bertz CT molecular complexity index is 823. The van der Waals surface area contributed by atoms with Gasteiger partial charge in [0.2, 0.25) is 0 Å². The van der Waals surface area contributed by atoms with Crippen molar-refractivity contribution >= 4 is 34.7 Å². The number of aliphatic carboxylic acids is 1. The number of rotatable bonds is 3. The van der Waals surface area contributed by atoms with Gasteiger partial charge in [0.25, 0.3) is 0 Å². The second-order valence-electron chi connectivity index (χ2n) is 4.58.